The van der Waals surface area contributed by atoms with Crippen LogP contribution in [0.3, 0.4) is 0 Å². The lowest BCUT2D eigenvalue weighted by molar-refractivity contribution is -0.118. The Kier molecular flexibility index (Phi) is 4.81. The SMILES string of the molecule is Cc1ccc2nc(-c3ccc(C)c(NC(=O)COc4ccccc4)c3)[nH]c2c1. The van der Waals surface area contributed by atoms with Gasteiger partial charge >= 0.3 is 0 Å². The first-order valence-electron chi connectivity index (χ1n) is 9.13. The van der Waals surface area contributed by atoms with Crippen molar-refractivity contribution in [1.82, 2.24) is 9.97 Å². The molecule has 0 unspecified atom stereocenters. The number of benzene rings is 3. The van der Waals surface area contributed by atoms with Crippen molar-refractivity contribution >= 4 is 22.6 Å². The molecule has 0 saturated heterocycles. The van der Waals surface area contributed by atoms with E-state index in [1.807, 2.05) is 67.6 Å². The molecule has 1 aromatic heterocycles. The Morgan fingerprint density at radius 2 is 1.86 bits per heavy atom. The first kappa shape index (κ1) is 17.8. The number of hydrogen-bond acceptors (Lipinski definition) is 3. The molecule has 4 aromatic rings. The molecule has 4 rings (SSSR count). The molecule has 0 saturated carbocycles. The zero-order valence-corrected chi connectivity index (χ0v) is 15.8. The second-order valence-electron chi connectivity index (χ2n) is 6.79. The van der Waals surface area contributed by atoms with Crippen molar-refractivity contribution in [3.8, 4) is 17.1 Å². The molecule has 5 nitrogen and oxygen atoms in total. The molecule has 0 atom stereocenters. The van der Waals surface area contributed by atoms with Crippen molar-refractivity contribution in [1.29, 1.82) is 0 Å². The maximum atomic E-state index is 12.3. The lowest BCUT2D eigenvalue weighted by atomic mass is 10.1. The number of anilines is 1. The number of nitrogens with one attached hydrogen (secondary N) is 2. The van der Waals surface area contributed by atoms with Gasteiger partial charge in [-0.2, -0.15) is 0 Å². The molecule has 0 fully saturated rings. The van der Waals surface area contributed by atoms with E-state index in [4.69, 9.17) is 4.74 Å². The Balaban J connectivity index is 1.52. The molecule has 2 N–H and O–H groups in total. The van der Waals surface area contributed by atoms with Crippen LogP contribution in [0.2, 0.25) is 0 Å². The zero-order valence-electron chi connectivity index (χ0n) is 15.8. The highest BCUT2D eigenvalue weighted by atomic mass is 16.5. The third-order valence-corrected chi connectivity index (χ3v) is 4.54. The number of amides is 1. The number of para-hydroxylation sites is 1. The van der Waals surface area contributed by atoms with E-state index in [1.54, 1.807) is 0 Å². The van der Waals surface area contributed by atoms with Crippen molar-refractivity contribution in [2.24, 2.45) is 0 Å². The van der Waals surface area contributed by atoms with Crippen LogP contribution in [0.4, 0.5) is 5.69 Å². The molecule has 1 amide bonds. The zero-order chi connectivity index (χ0) is 19.5. The van der Waals surface area contributed by atoms with Crippen molar-refractivity contribution in [2.75, 3.05) is 11.9 Å². The molecule has 0 radical (unpaired) electrons. The number of imidazole rings is 1. The average Bonchev–Trinajstić information content (AvgIpc) is 3.12. The van der Waals surface area contributed by atoms with Gasteiger partial charge in [0.1, 0.15) is 11.6 Å². The van der Waals surface area contributed by atoms with Crippen LogP contribution < -0.4 is 10.1 Å². The fourth-order valence-corrected chi connectivity index (χ4v) is 3.02. The Bertz CT molecular complexity index is 1130. The number of aromatic nitrogens is 2. The van der Waals surface area contributed by atoms with Gasteiger partial charge < -0.3 is 15.0 Å². The monoisotopic (exact) mass is 371 g/mol. The minimum Gasteiger partial charge on any atom is -0.484 e. The largest absolute Gasteiger partial charge is 0.484 e. The summed E-state index contributed by atoms with van der Waals surface area (Å²) in [7, 11) is 0. The summed E-state index contributed by atoms with van der Waals surface area (Å²) in [6, 6.07) is 21.3. The molecule has 3 aromatic carbocycles. The molecule has 0 aliphatic rings. The van der Waals surface area contributed by atoms with Crippen LogP contribution in [-0.2, 0) is 4.79 Å². The predicted molar refractivity (Wildman–Crippen MR) is 112 cm³/mol. The minimum absolute atomic E-state index is 0.0441. The number of ether oxygens (including phenoxy) is 1. The molecule has 0 aliphatic carbocycles. The maximum absolute atomic E-state index is 12.3. The number of aromatic amines is 1. The van der Waals surface area contributed by atoms with Gasteiger partial charge in [0.05, 0.1) is 11.0 Å². The Labute approximate surface area is 163 Å². The van der Waals surface area contributed by atoms with Gasteiger partial charge in [-0.1, -0.05) is 36.4 Å². The fourth-order valence-electron chi connectivity index (χ4n) is 3.02. The van der Waals surface area contributed by atoms with E-state index in [9.17, 15) is 4.79 Å². The first-order chi connectivity index (χ1) is 13.6. The van der Waals surface area contributed by atoms with Crippen molar-refractivity contribution in [3.05, 3.63) is 77.9 Å². The second kappa shape index (κ2) is 7.56. The highest BCUT2D eigenvalue weighted by Gasteiger charge is 2.10. The van der Waals surface area contributed by atoms with Crippen molar-refractivity contribution in [3.63, 3.8) is 0 Å². The molecule has 5 heteroatoms. The number of nitrogens with zero attached hydrogens (tertiary/aromatic N) is 1. The van der Waals surface area contributed by atoms with Gasteiger partial charge in [-0.25, -0.2) is 4.98 Å². The van der Waals surface area contributed by atoms with Crippen LogP contribution in [-0.4, -0.2) is 22.5 Å². The highest BCUT2D eigenvalue weighted by molar-refractivity contribution is 5.93. The van der Waals surface area contributed by atoms with E-state index < -0.39 is 0 Å². The number of aryl methyl sites for hydroxylation is 2. The van der Waals surface area contributed by atoms with Crippen molar-refractivity contribution in [2.45, 2.75) is 13.8 Å². The maximum Gasteiger partial charge on any atom is 0.262 e. The minimum atomic E-state index is -0.204. The molecule has 0 spiro atoms. The van der Waals surface area contributed by atoms with Crippen LogP contribution in [0, 0.1) is 13.8 Å². The standard InChI is InChI=1S/C23H21N3O2/c1-15-8-11-19-21(12-15)26-23(25-19)17-10-9-16(2)20(13-17)24-22(27)14-28-18-6-4-3-5-7-18/h3-13H,14H2,1-2H3,(H,24,27)(H,25,26). The summed E-state index contributed by atoms with van der Waals surface area (Å²) in [5.41, 5.74) is 5.73. The highest BCUT2D eigenvalue weighted by Crippen LogP contribution is 2.26. The van der Waals surface area contributed by atoms with Crippen LogP contribution >= 0.6 is 0 Å². The summed E-state index contributed by atoms with van der Waals surface area (Å²) in [6.45, 7) is 3.97. The third-order valence-electron chi connectivity index (χ3n) is 4.54. The van der Waals surface area contributed by atoms with E-state index in [-0.39, 0.29) is 12.5 Å². The van der Waals surface area contributed by atoms with Crippen LogP contribution in [0.5, 0.6) is 5.75 Å². The quantitative estimate of drug-likeness (QED) is 0.526. The number of rotatable bonds is 5. The summed E-state index contributed by atoms with van der Waals surface area (Å²) >= 11 is 0. The Morgan fingerprint density at radius 1 is 1.04 bits per heavy atom. The van der Waals surface area contributed by atoms with Gasteiger partial charge in [0.15, 0.2) is 6.61 Å². The van der Waals surface area contributed by atoms with Gasteiger partial charge in [-0.05, 0) is 55.3 Å². The lowest BCUT2D eigenvalue weighted by Gasteiger charge is -2.11. The van der Waals surface area contributed by atoms with Gasteiger partial charge in [0.25, 0.3) is 5.91 Å². The van der Waals surface area contributed by atoms with Crippen LogP contribution in [0.15, 0.2) is 66.7 Å². The normalized spacial score (nSPS) is 10.8. The number of carbonyl (C=O) groups is 1. The first-order valence-corrected chi connectivity index (χ1v) is 9.13. The number of H-pyrrole nitrogens is 1. The molecule has 28 heavy (non-hydrogen) atoms. The fraction of sp³-hybridized carbons (Fsp3) is 0.130. The summed E-state index contributed by atoms with van der Waals surface area (Å²) in [6.07, 6.45) is 0. The van der Waals surface area contributed by atoms with Gasteiger partial charge in [0, 0.05) is 11.3 Å². The van der Waals surface area contributed by atoms with E-state index in [1.165, 1.54) is 5.56 Å². The lowest BCUT2D eigenvalue weighted by Crippen LogP contribution is -2.20. The number of carbonyl (C=O) groups excluding carboxylic acids is 1. The van der Waals surface area contributed by atoms with E-state index >= 15 is 0 Å². The Hall–Kier alpha value is -3.60. The summed E-state index contributed by atoms with van der Waals surface area (Å²) in [4.78, 5) is 20.3. The second-order valence-corrected chi connectivity index (χ2v) is 6.79. The van der Waals surface area contributed by atoms with E-state index in [2.05, 4.69) is 28.3 Å². The summed E-state index contributed by atoms with van der Waals surface area (Å²) in [5.74, 6) is 1.24. The number of fused-ring (bicyclic) bond motifs is 1. The molecule has 0 aliphatic heterocycles. The molecule has 1 heterocycles. The van der Waals surface area contributed by atoms with Crippen LogP contribution in [0.25, 0.3) is 22.4 Å². The van der Waals surface area contributed by atoms with E-state index in [0.29, 0.717) is 5.75 Å². The Morgan fingerprint density at radius 3 is 2.68 bits per heavy atom. The molecule has 140 valence electrons. The number of hydrogen-bond donors (Lipinski definition) is 2. The van der Waals surface area contributed by atoms with Crippen molar-refractivity contribution < 1.29 is 9.53 Å². The van der Waals surface area contributed by atoms with E-state index in [0.717, 1.165) is 33.7 Å². The molecular formula is C23H21N3O2. The summed E-state index contributed by atoms with van der Waals surface area (Å²) in [5, 5.41) is 2.93. The van der Waals surface area contributed by atoms with Gasteiger partial charge in [-0.15, -0.1) is 0 Å². The van der Waals surface area contributed by atoms with Crippen LogP contribution in [0.1, 0.15) is 11.1 Å². The topological polar surface area (TPSA) is 67.0 Å². The predicted octanol–water partition coefficient (Wildman–Crippen LogP) is 4.86. The molecule has 0 bridgehead atoms. The van der Waals surface area contributed by atoms with Gasteiger partial charge in [0.2, 0.25) is 0 Å². The average molecular weight is 371 g/mol. The van der Waals surface area contributed by atoms with Gasteiger partial charge in [-0.3, -0.25) is 4.79 Å². The summed E-state index contributed by atoms with van der Waals surface area (Å²) < 4.78 is 5.52. The molecular weight excluding hydrogens is 350 g/mol. The third kappa shape index (κ3) is 3.88. The smallest absolute Gasteiger partial charge is 0.262 e.